The van der Waals surface area contributed by atoms with E-state index in [0.717, 1.165) is 17.7 Å². The Morgan fingerprint density at radius 1 is 1.17 bits per heavy atom. The normalized spacial score (nSPS) is 12.1. The van der Waals surface area contributed by atoms with Gasteiger partial charge in [0.25, 0.3) is 0 Å². The van der Waals surface area contributed by atoms with Crippen molar-refractivity contribution in [2.24, 2.45) is 0 Å². The highest BCUT2D eigenvalue weighted by atomic mass is 16.4. The summed E-state index contributed by atoms with van der Waals surface area (Å²) in [6.45, 7) is 4.26. The second kappa shape index (κ2) is 6.71. The summed E-state index contributed by atoms with van der Waals surface area (Å²) in [5.41, 5.74) is 6.27. The van der Waals surface area contributed by atoms with Crippen LogP contribution in [0, 0.1) is 13.8 Å². The molecule has 1 unspecified atom stereocenters. The summed E-state index contributed by atoms with van der Waals surface area (Å²) in [6.07, 6.45) is 4.34. The lowest BCUT2D eigenvalue weighted by Gasteiger charge is -2.20. The molecular weight excluding hydrogens is 300 g/mol. The average molecular weight is 320 g/mol. The number of nitrogens with zero attached hydrogens (tertiary/aromatic N) is 1. The van der Waals surface area contributed by atoms with Crippen molar-refractivity contribution in [1.82, 2.24) is 9.97 Å². The van der Waals surface area contributed by atoms with E-state index in [1.807, 2.05) is 18.3 Å². The number of nitrogens with one attached hydrogen (secondary N) is 1. The molecule has 2 N–H and O–H groups in total. The Hall–Kier alpha value is -2.88. The fourth-order valence-electron chi connectivity index (χ4n) is 3.02. The number of benzene rings is 2. The van der Waals surface area contributed by atoms with Crippen molar-refractivity contribution in [2.75, 3.05) is 0 Å². The highest BCUT2D eigenvalue weighted by Gasteiger charge is 2.19. The molecule has 0 saturated heterocycles. The molecule has 24 heavy (non-hydrogen) atoms. The van der Waals surface area contributed by atoms with E-state index in [2.05, 4.69) is 42.0 Å². The number of hydrogen-bond donors (Lipinski definition) is 2. The number of imidazole rings is 1. The van der Waals surface area contributed by atoms with Crippen LogP contribution in [0.5, 0.6) is 0 Å². The summed E-state index contributed by atoms with van der Waals surface area (Å²) in [5, 5.41) is 9.04. The van der Waals surface area contributed by atoms with E-state index in [9.17, 15) is 4.79 Å². The van der Waals surface area contributed by atoms with E-state index in [-0.39, 0.29) is 5.92 Å². The topological polar surface area (TPSA) is 66.0 Å². The van der Waals surface area contributed by atoms with Gasteiger partial charge in [-0.25, -0.2) is 9.78 Å². The molecule has 122 valence electrons. The molecule has 0 aliphatic heterocycles. The minimum absolute atomic E-state index is 0.156. The molecule has 3 rings (SSSR count). The molecular formula is C20H20N2O2. The Bertz CT molecular complexity index is 837. The summed E-state index contributed by atoms with van der Waals surface area (Å²) in [5.74, 6) is -0.746. The number of aryl methyl sites for hydroxylation is 1. The minimum Gasteiger partial charge on any atom is -0.478 e. The molecule has 1 atom stereocenters. The fourth-order valence-corrected chi connectivity index (χ4v) is 3.02. The molecule has 0 radical (unpaired) electrons. The SMILES string of the molecule is Cc1cccc(C(Cc2ccc(C(=O)O)cc2)c2cnc[nH]2)c1C. The van der Waals surface area contributed by atoms with E-state index in [0.29, 0.717) is 5.56 Å². The van der Waals surface area contributed by atoms with Crippen LogP contribution in [0.2, 0.25) is 0 Å². The molecule has 4 nitrogen and oxygen atoms in total. The van der Waals surface area contributed by atoms with Gasteiger partial charge >= 0.3 is 5.97 Å². The van der Waals surface area contributed by atoms with Crippen LogP contribution in [0.1, 0.15) is 44.2 Å². The van der Waals surface area contributed by atoms with E-state index in [4.69, 9.17) is 5.11 Å². The zero-order chi connectivity index (χ0) is 17.1. The quantitative estimate of drug-likeness (QED) is 0.744. The predicted molar refractivity (Wildman–Crippen MR) is 93.5 cm³/mol. The van der Waals surface area contributed by atoms with Gasteiger partial charge in [0.1, 0.15) is 0 Å². The van der Waals surface area contributed by atoms with Crippen molar-refractivity contribution >= 4 is 5.97 Å². The van der Waals surface area contributed by atoms with Crippen LogP contribution in [-0.4, -0.2) is 21.0 Å². The summed E-state index contributed by atoms with van der Waals surface area (Å²) in [4.78, 5) is 18.4. The maximum atomic E-state index is 11.0. The number of carbonyl (C=O) groups is 1. The van der Waals surface area contributed by atoms with Crippen LogP contribution in [-0.2, 0) is 6.42 Å². The van der Waals surface area contributed by atoms with Crippen LogP contribution < -0.4 is 0 Å². The molecule has 4 heteroatoms. The predicted octanol–water partition coefficient (Wildman–Crippen LogP) is 4.10. The first-order valence-corrected chi connectivity index (χ1v) is 7.93. The second-order valence-corrected chi connectivity index (χ2v) is 6.05. The van der Waals surface area contributed by atoms with Crippen LogP contribution in [0.3, 0.4) is 0 Å². The van der Waals surface area contributed by atoms with E-state index >= 15 is 0 Å². The largest absolute Gasteiger partial charge is 0.478 e. The zero-order valence-corrected chi connectivity index (χ0v) is 13.8. The number of H-pyrrole nitrogens is 1. The number of aromatic carboxylic acids is 1. The first-order chi connectivity index (χ1) is 11.6. The van der Waals surface area contributed by atoms with Gasteiger partial charge in [-0.3, -0.25) is 0 Å². The monoisotopic (exact) mass is 320 g/mol. The molecule has 0 amide bonds. The van der Waals surface area contributed by atoms with E-state index < -0.39 is 5.97 Å². The van der Waals surface area contributed by atoms with Crippen LogP contribution in [0.25, 0.3) is 0 Å². The highest BCUT2D eigenvalue weighted by molar-refractivity contribution is 5.87. The summed E-state index contributed by atoms with van der Waals surface area (Å²) in [7, 11) is 0. The third-order valence-electron chi connectivity index (χ3n) is 4.56. The number of carboxylic acid groups (broad SMARTS) is 1. The maximum Gasteiger partial charge on any atom is 0.335 e. The number of carboxylic acids is 1. The summed E-state index contributed by atoms with van der Waals surface area (Å²) in [6, 6.07) is 13.4. The van der Waals surface area contributed by atoms with Crippen molar-refractivity contribution < 1.29 is 9.90 Å². The molecule has 3 aromatic rings. The average Bonchev–Trinajstić information content (AvgIpc) is 3.10. The summed E-state index contributed by atoms with van der Waals surface area (Å²) >= 11 is 0. The maximum absolute atomic E-state index is 11.0. The molecule has 1 aromatic heterocycles. The van der Waals surface area contributed by atoms with Crippen molar-refractivity contribution in [2.45, 2.75) is 26.2 Å². The van der Waals surface area contributed by atoms with Gasteiger partial charge in [-0.2, -0.15) is 0 Å². The first-order valence-electron chi connectivity index (χ1n) is 7.93. The van der Waals surface area contributed by atoms with Crippen LogP contribution >= 0.6 is 0 Å². The third kappa shape index (κ3) is 3.23. The van der Waals surface area contributed by atoms with Gasteiger partial charge in [0.2, 0.25) is 0 Å². The lowest BCUT2D eigenvalue weighted by Crippen LogP contribution is -2.08. The minimum atomic E-state index is -0.902. The van der Waals surface area contributed by atoms with Gasteiger partial charge in [-0.1, -0.05) is 30.3 Å². The number of aromatic amines is 1. The Kier molecular flexibility index (Phi) is 4.47. The Morgan fingerprint density at radius 3 is 2.54 bits per heavy atom. The lowest BCUT2D eigenvalue weighted by molar-refractivity contribution is 0.0697. The third-order valence-corrected chi connectivity index (χ3v) is 4.56. The van der Waals surface area contributed by atoms with Gasteiger partial charge in [-0.05, 0) is 54.7 Å². The molecule has 1 heterocycles. The van der Waals surface area contributed by atoms with Gasteiger partial charge in [0.15, 0.2) is 0 Å². The molecule has 0 saturated carbocycles. The van der Waals surface area contributed by atoms with E-state index in [1.54, 1.807) is 18.5 Å². The van der Waals surface area contributed by atoms with E-state index in [1.165, 1.54) is 16.7 Å². The summed E-state index contributed by atoms with van der Waals surface area (Å²) < 4.78 is 0. The Balaban J connectivity index is 1.97. The van der Waals surface area contributed by atoms with Crippen molar-refractivity contribution in [3.8, 4) is 0 Å². The molecule has 2 aromatic carbocycles. The fraction of sp³-hybridized carbons (Fsp3) is 0.200. The first kappa shape index (κ1) is 16.0. The van der Waals surface area contributed by atoms with Gasteiger partial charge < -0.3 is 10.1 Å². The molecule has 0 fully saturated rings. The second-order valence-electron chi connectivity index (χ2n) is 6.05. The van der Waals surface area contributed by atoms with Gasteiger partial charge in [0.05, 0.1) is 11.9 Å². The van der Waals surface area contributed by atoms with Crippen LogP contribution in [0.15, 0.2) is 55.0 Å². The number of hydrogen-bond acceptors (Lipinski definition) is 2. The Labute approximate surface area is 141 Å². The van der Waals surface area contributed by atoms with Crippen LogP contribution in [0.4, 0.5) is 0 Å². The number of rotatable bonds is 5. The Morgan fingerprint density at radius 2 is 1.92 bits per heavy atom. The molecule has 0 aliphatic rings. The smallest absolute Gasteiger partial charge is 0.335 e. The molecule has 0 bridgehead atoms. The van der Waals surface area contributed by atoms with Gasteiger partial charge in [-0.15, -0.1) is 0 Å². The molecule has 0 aliphatic carbocycles. The highest BCUT2D eigenvalue weighted by Crippen LogP contribution is 2.30. The molecule has 0 spiro atoms. The standard InChI is InChI=1S/C20H20N2O2/c1-13-4-3-5-17(14(13)2)18(19-11-21-12-22-19)10-15-6-8-16(9-7-15)20(23)24/h3-9,11-12,18H,10H2,1-2H3,(H,21,22)(H,23,24). The zero-order valence-electron chi connectivity index (χ0n) is 13.8. The van der Waals surface area contributed by atoms with Crippen molar-refractivity contribution in [3.63, 3.8) is 0 Å². The van der Waals surface area contributed by atoms with Gasteiger partial charge in [0, 0.05) is 17.8 Å². The lowest BCUT2D eigenvalue weighted by atomic mass is 9.85. The number of aromatic nitrogens is 2. The van der Waals surface area contributed by atoms with Crippen molar-refractivity contribution in [1.29, 1.82) is 0 Å². The van der Waals surface area contributed by atoms with Crippen molar-refractivity contribution in [3.05, 3.63) is 88.5 Å².